The molecule has 0 aromatic heterocycles. The normalized spacial score (nSPS) is 16.8. The van der Waals surface area contributed by atoms with E-state index in [-0.39, 0.29) is 11.5 Å². The molecule has 1 N–H and O–H groups in total. The van der Waals surface area contributed by atoms with Crippen molar-refractivity contribution in [1.29, 1.82) is 0 Å². The Morgan fingerprint density at radius 3 is 2.47 bits per heavy atom. The molecule has 1 fully saturated rings. The Hall–Kier alpha value is -0.910. The zero-order valence-electron chi connectivity index (χ0n) is 9.85. The maximum Gasteiger partial charge on any atom is 0.296 e. The van der Waals surface area contributed by atoms with Gasteiger partial charge in [0.05, 0.1) is 11.5 Å². The van der Waals surface area contributed by atoms with Crippen molar-refractivity contribution in [3.63, 3.8) is 0 Å². The average Bonchev–Trinajstić information content (AvgIpc) is 2.22. The molecule has 0 radical (unpaired) electrons. The lowest BCUT2D eigenvalue weighted by Crippen LogP contribution is -2.42. The minimum absolute atomic E-state index is 0.231. The summed E-state index contributed by atoms with van der Waals surface area (Å²) in [5.74, 6) is 0.559. The fraction of sp³-hybridized carbons (Fsp3) is 0.500. The minimum Gasteiger partial charge on any atom is -0.316 e. The van der Waals surface area contributed by atoms with Gasteiger partial charge in [-0.3, -0.25) is 4.18 Å². The number of nitrogens with one attached hydrogen (secondary N) is 1. The highest BCUT2D eigenvalue weighted by molar-refractivity contribution is 7.86. The molecule has 4 nitrogen and oxygen atoms in total. The zero-order chi connectivity index (χ0) is 12.3. The third-order valence-electron chi connectivity index (χ3n) is 2.94. The van der Waals surface area contributed by atoms with Crippen LogP contribution < -0.4 is 5.32 Å². The van der Waals surface area contributed by atoms with Crippen molar-refractivity contribution in [2.75, 3.05) is 19.7 Å². The van der Waals surface area contributed by atoms with Crippen LogP contribution in [-0.4, -0.2) is 28.1 Å². The van der Waals surface area contributed by atoms with Gasteiger partial charge in [0.15, 0.2) is 0 Å². The quantitative estimate of drug-likeness (QED) is 0.806. The van der Waals surface area contributed by atoms with Gasteiger partial charge in [0, 0.05) is 0 Å². The van der Waals surface area contributed by atoms with Crippen LogP contribution in [0.2, 0.25) is 0 Å². The first-order valence-corrected chi connectivity index (χ1v) is 7.15. The predicted molar refractivity (Wildman–Crippen MR) is 65.3 cm³/mol. The maximum absolute atomic E-state index is 11.8. The van der Waals surface area contributed by atoms with Gasteiger partial charge in [-0.25, -0.2) is 0 Å². The second kappa shape index (κ2) is 5.16. The van der Waals surface area contributed by atoms with Gasteiger partial charge in [-0.05, 0) is 44.5 Å². The summed E-state index contributed by atoms with van der Waals surface area (Å²) < 4.78 is 28.6. The summed E-state index contributed by atoms with van der Waals surface area (Å²) >= 11 is 0. The van der Waals surface area contributed by atoms with Crippen LogP contribution in [0.4, 0.5) is 0 Å². The molecule has 1 saturated heterocycles. The van der Waals surface area contributed by atoms with Crippen molar-refractivity contribution < 1.29 is 12.6 Å². The van der Waals surface area contributed by atoms with Crippen LogP contribution in [-0.2, 0) is 14.3 Å². The molecule has 94 valence electrons. The fourth-order valence-corrected chi connectivity index (χ4v) is 2.57. The molecule has 1 aromatic carbocycles. The lowest BCUT2D eigenvalue weighted by atomic mass is 10.0. The van der Waals surface area contributed by atoms with Crippen molar-refractivity contribution in [2.45, 2.75) is 18.2 Å². The molecule has 17 heavy (non-hydrogen) atoms. The van der Waals surface area contributed by atoms with Gasteiger partial charge in [0.2, 0.25) is 0 Å². The molecule has 0 bridgehead atoms. The summed E-state index contributed by atoms with van der Waals surface area (Å²) in [6.07, 6.45) is 0.790. The topological polar surface area (TPSA) is 55.4 Å². The van der Waals surface area contributed by atoms with Crippen LogP contribution >= 0.6 is 0 Å². The van der Waals surface area contributed by atoms with Gasteiger partial charge in [-0.1, -0.05) is 17.7 Å². The van der Waals surface area contributed by atoms with E-state index in [1.807, 2.05) is 6.92 Å². The van der Waals surface area contributed by atoms with E-state index in [2.05, 4.69) is 5.32 Å². The molecule has 1 heterocycles. The molecule has 0 aliphatic carbocycles. The van der Waals surface area contributed by atoms with Crippen molar-refractivity contribution in [2.24, 2.45) is 5.92 Å². The van der Waals surface area contributed by atoms with E-state index in [4.69, 9.17) is 4.18 Å². The molecule has 0 saturated carbocycles. The summed E-state index contributed by atoms with van der Waals surface area (Å²) in [6.45, 7) is 4.12. The largest absolute Gasteiger partial charge is 0.316 e. The predicted octanol–water partition coefficient (Wildman–Crippen LogP) is 1.31. The first-order chi connectivity index (χ1) is 8.08. The molecule has 0 unspecified atom stereocenters. The van der Waals surface area contributed by atoms with Gasteiger partial charge in [0.1, 0.15) is 0 Å². The zero-order valence-corrected chi connectivity index (χ0v) is 10.7. The summed E-state index contributed by atoms with van der Waals surface area (Å²) in [6, 6.07) is 6.70. The van der Waals surface area contributed by atoms with Crippen LogP contribution in [0.1, 0.15) is 12.0 Å². The lowest BCUT2D eigenvalue weighted by Gasteiger charge is -2.26. The number of hydrogen-bond acceptors (Lipinski definition) is 4. The summed E-state index contributed by atoms with van der Waals surface area (Å²) in [5.41, 5.74) is 1.03. The highest BCUT2D eigenvalue weighted by Crippen LogP contribution is 2.15. The first kappa shape index (κ1) is 12.5. The highest BCUT2D eigenvalue weighted by atomic mass is 32.2. The van der Waals surface area contributed by atoms with E-state index in [1.54, 1.807) is 24.3 Å². The third-order valence-corrected chi connectivity index (χ3v) is 4.27. The van der Waals surface area contributed by atoms with Gasteiger partial charge >= 0.3 is 0 Å². The van der Waals surface area contributed by atoms with Gasteiger partial charge in [0.25, 0.3) is 10.1 Å². The Kier molecular flexibility index (Phi) is 3.81. The Balaban J connectivity index is 1.91. The van der Waals surface area contributed by atoms with E-state index in [0.29, 0.717) is 5.92 Å². The van der Waals surface area contributed by atoms with E-state index >= 15 is 0 Å². The number of aryl methyl sites for hydroxylation is 1. The SMILES string of the molecule is Cc1ccc(S(=O)(=O)OCCC2CNC2)cc1. The monoisotopic (exact) mass is 255 g/mol. The Bertz CT molecular complexity index is 463. The molecule has 1 aliphatic heterocycles. The van der Waals surface area contributed by atoms with Crippen LogP contribution in [0.3, 0.4) is 0 Å². The van der Waals surface area contributed by atoms with Crippen LogP contribution in [0.25, 0.3) is 0 Å². The first-order valence-electron chi connectivity index (χ1n) is 5.75. The summed E-state index contributed by atoms with van der Waals surface area (Å²) in [4.78, 5) is 0.231. The van der Waals surface area contributed by atoms with E-state index in [0.717, 1.165) is 25.1 Å². The number of benzene rings is 1. The highest BCUT2D eigenvalue weighted by Gasteiger charge is 2.19. The molecular weight excluding hydrogens is 238 g/mol. The van der Waals surface area contributed by atoms with Crippen molar-refractivity contribution in [3.05, 3.63) is 29.8 Å². The van der Waals surface area contributed by atoms with E-state index < -0.39 is 10.1 Å². The Labute approximate surface area is 102 Å². The molecule has 1 aromatic rings. The van der Waals surface area contributed by atoms with Gasteiger partial charge in [-0.15, -0.1) is 0 Å². The second-order valence-electron chi connectivity index (χ2n) is 4.40. The molecule has 2 rings (SSSR count). The molecular formula is C12H17NO3S. The number of hydrogen-bond donors (Lipinski definition) is 1. The average molecular weight is 255 g/mol. The van der Waals surface area contributed by atoms with Crippen LogP contribution in [0.5, 0.6) is 0 Å². The van der Waals surface area contributed by atoms with Crippen LogP contribution in [0.15, 0.2) is 29.2 Å². The van der Waals surface area contributed by atoms with E-state index in [9.17, 15) is 8.42 Å². The minimum atomic E-state index is -3.58. The smallest absolute Gasteiger partial charge is 0.296 e. The molecule has 5 heteroatoms. The van der Waals surface area contributed by atoms with Crippen LogP contribution in [0, 0.1) is 12.8 Å². The summed E-state index contributed by atoms with van der Waals surface area (Å²) in [7, 11) is -3.58. The fourth-order valence-electron chi connectivity index (χ4n) is 1.65. The molecule has 1 aliphatic rings. The lowest BCUT2D eigenvalue weighted by molar-refractivity contribution is 0.242. The Morgan fingerprint density at radius 1 is 1.29 bits per heavy atom. The van der Waals surface area contributed by atoms with Gasteiger partial charge in [-0.2, -0.15) is 8.42 Å². The van der Waals surface area contributed by atoms with Crippen molar-refractivity contribution in [3.8, 4) is 0 Å². The van der Waals surface area contributed by atoms with Crippen molar-refractivity contribution >= 4 is 10.1 Å². The second-order valence-corrected chi connectivity index (χ2v) is 6.02. The standard InChI is InChI=1S/C12H17NO3S/c1-10-2-4-12(5-3-10)17(14,15)16-7-6-11-8-13-9-11/h2-5,11,13H,6-9H2,1H3. The number of rotatable bonds is 5. The maximum atomic E-state index is 11.8. The Morgan fingerprint density at radius 2 is 1.94 bits per heavy atom. The molecule has 0 spiro atoms. The third kappa shape index (κ3) is 3.28. The van der Waals surface area contributed by atoms with Crippen molar-refractivity contribution in [1.82, 2.24) is 5.32 Å². The van der Waals surface area contributed by atoms with Gasteiger partial charge < -0.3 is 5.32 Å². The van der Waals surface area contributed by atoms with E-state index in [1.165, 1.54) is 0 Å². The summed E-state index contributed by atoms with van der Waals surface area (Å²) in [5, 5.41) is 3.14. The molecule has 0 amide bonds. The molecule has 0 atom stereocenters.